The number of aliphatic imine (C=N–C) groups is 2. The SMILES string of the molecule is C=CC(/N=C(\N=C(/C)c1ccc2c(c1)oc1ccccc12)c1cccc2ccccc12)c1cc(-n2c3ccccc3c3cc4ccccc4cc32)c2c(c1)oc1ccccc12. The molecule has 0 spiro atoms. The summed E-state index contributed by atoms with van der Waals surface area (Å²) in [7, 11) is 0. The number of fused-ring (bicyclic) bond motifs is 11. The Bertz CT molecular complexity index is 3810. The van der Waals surface area contributed by atoms with Gasteiger partial charge in [0.05, 0.1) is 28.1 Å². The maximum atomic E-state index is 6.71. The van der Waals surface area contributed by atoms with Gasteiger partial charge in [0.15, 0.2) is 5.84 Å². The van der Waals surface area contributed by atoms with E-state index in [-0.39, 0.29) is 0 Å². The van der Waals surface area contributed by atoms with Gasteiger partial charge in [-0.1, -0.05) is 133 Å². The molecule has 1 atom stereocenters. The van der Waals surface area contributed by atoms with Crippen LogP contribution in [-0.2, 0) is 0 Å². The first-order valence-corrected chi connectivity index (χ1v) is 20.6. The zero-order valence-corrected chi connectivity index (χ0v) is 33.3. The van der Waals surface area contributed by atoms with E-state index in [1.165, 1.54) is 21.5 Å². The second-order valence-electron chi connectivity index (χ2n) is 15.7. The van der Waals surface area contributed by atoms with Gasteiger partial charge in [0.25, 0.3) is 0 Å². The standard InChI is InChI=1S/C56H37N3O2/c1-3-47(58-56(44-23-14-18-35-15-6-7-19-40(35)44)57-34(2)36-27-28-43-42-21-9-12-25-51(42)60-53(43)32-36)39-31-50(55-45-22-10-13-26-52(45)61-54(55)33-39)59-48-24-11-8-20-41(48)46-29-37-16-4-5-17-38(37)30-49(46)59/h3-33,47H,1H2,2H3/b57-34+,58-56-. The molecule has 3 aromatic heterocycles. The van der Waals surface area contributed by atoms with Gasteiger partial charge in [-0.3, -0.25) is 4.99 Å². The molecule has 12 rings (SSSR count). The lowest BCUT2D eigenvalue weighted by atomic mass is 10.0. The molecule has 0 bridgehead atoms. The minimum atomic E-state index is -0.478. The first kappa shape index (κ1) is 35.0. The van der Waals surface area contributed by atoms with Crippen LogP contribution in [0.3, 0.4) is 0 Å². The highest BCUT2D eigenvalue weighted by Gasteiger charge is 2.22. The van der Waals surface area contributed by atoms with Crippen molar-refractivity contribution in [3.8, 4) is 5.69 Å². The second-order valence-corrected chi connectivity index (χ2v) is 15.7. The van der Waals surface area contributed by atoms with E-state index < -0.39 is 6.04 Å². The molecule has 0 aliphatic carbocycles. The Balaban J connectivity index is 1.10. The molecule has 5 heteroatoms. The van der Waals surface area contributed by atoms with Crippen molar-refractivity contribution in [2.24, 2.45) is 9.98 Å². The smallest absolute Gasteiger partial charge is 0.156 e. The Hall–Kier alpha value is -8.02. The molecule has 0 saturated heterocycles. The molecule has 0 radical (unpaired) electrons. The summed E-state index contributed by atoms with van der Waals surface area (Å²) in [5.74, 6) is 0.610. The summed E-state index contributed by atoms with van der Waals surface area (Å²) >= 11 is 0. The summed E-state index contributed by atoms with van der Waals surface area (Å²) in [6, 6.07) is 63.3. The number of para-hydroxylation sites is 3. The first-order valence-electron chi connectivity index (χ1n) is 20.6. The Morgan fingerprint density at radius 3 is 1.98 bits per heavy atom. The van der Waals surface area contributed by atoms with Crippen LogP contribution in [0.15, 0.2) is 213 Å². The number of rotatable bonds is 6. The molecule has 0 aliphatic rings. The lowest BCUT2D eigenvalue weighted by molar-refractivity contribution is 0.667. The van der Waals surface area contributed by atoms with E-state index in [1.54, 1.807) is 0 Å². The third-order valence-electron chi connectivity index (χ3n) is 12.2. The average molecular weight is 784 g/mol. The van der Waals surface area contributed by atoms with Crippen molar-refractivity contribution in [1.29, 1.82) is 0 Å². The highest BCUT2D eigenvalue weighted by molar-refractivity contribution is 6.19. The number of aromatic nitrogens is 1. The Kier molecular flexibility index (Phi) is 7.91. The zero-order valence-electron chi connectivity index (χ0n) is 33.3. The van der Waals surface area contributed by atoms with Crippen LogP contribution in [0.25, 0.3) is 92.9 Å². The van der Waals surface area contributed by atoms with Crippen molar-refractivity contribution >= 4 is 98.8 Å². The van der Waals surface area contributed by atoms with Crippen LogP contribution in [-0.4, -0.2) is 16.1 Å². The van der Waals surface area contributed by atoms with E-state index >= 15 is 0 Å². The van der Waals surface area contributed by atoms with Crippen LogP contribution in [0.1, 0.15) is 29.7 Å². The third kappa shape index (κ3) is 5.62. The quantitative estimate of drug-likeness (QED) is 0.0958. The maximum absolute atomic E-state index is 6.71. The van der Waals surface area contributed by atoms with E-state index in [4.69, 9.17) is 18.8 Å². The van der Waals surface area contributed by atoms with Crippen LogP contribution >= 0.6 is 0 Å². The number of furan rings is 2. The molecular formula is C56H37N3O2. The Labute approximate surface area is 350 Å². The van der Waals surface area contributed by atoms with Gasteiger partial charge in [-0.05, 0) is 94.2 Å². The number of hydrogen-bond donors (Lipinski definition) is 0. The summed E-state index contributed by atoms with van der Waals surface area (Å²) in [4.78, 5) is 10.9. The van der Waals surface area contributed by atoms with Crippen molar-refractivity contribution in [2.45, 2.75) is 13.0 Å². The van der Waals surface area contributed by atoms with Gasteiger partial charge in [-0.25, -0.2) is 4.99 Å². The summed E-state index contributed by atoms with van der Waals surface area (Å²) in [6.45, 7) is 6.42. The molecular weight excluding hydrogens is 747 g/mol. The van der Waals surface area contributed by atoms with Gasteiger partial charge < -0.3 is 13.4 Å². The lowest BCUT2D eigenvalue weighted by Crippen LogP contribution is -2.07. The highest BCUT2D eigenvalue weighted by Crippen LogP contribution is 2.42. The van der Waals surface area contributed by atoms with Gasteiger partial charge in [-0.2, -0.15) is 0 Å². The topological polar surface area (TPSA) is 55.9 Å². The Morgan fingerprint density at radius 1 is 0.525 bits per heavy atom. The second kappa shape index (κ2) is 13.8. The third-order valence-corrected chi connectivity index (χ3v) is 12.2. The molecule has 12 aromatic rings. The van der Waals surface area contributed by atoms with Gasteiger partial charge in [0, 0.05) is 38.2 Å². The van der Waals surface area contributed by atoms with Crippen LogP contribution in [0.2, 0.25) is 0 Å². The maximum Gasteiger partial charge on any atom is 0.156 e. The first-order chi connectivity index (χ1) is 30.1. The molecule has 61 heavy (non-hydrogen) atoms. The monoisotopic (exact) mass is 783 g/mol. The highest BCUT2D eigenvalue weighted by atomic mass is 16.3. The number of benzene rings is 9. The van der Waals surface area contributed by atoms with Gasteiger partial charge in [-0.15, -0.1) is 6.58 Å². The number of amidine groups is 1. The van der Waals surface area contributed by atoms with Gasteiger partial charge in [0.1, 0.15) is 22.3 Å². The van der Waals surface area contributed by atoms with Gasteiger partial charge >= 0.3 is 0 Å². The normalized spacial score (nSPS) is 13.2. The van der Waals surface area contributed by atoms with Crippen molar-refractivity contribution < 1.29 is 8.83 Å². The minimum Gasteiger partial charge on any atom is -0.456 e. The molecule has 9 aromatic carbocycles. The van der Waals surface area contributed by atoms with E-state index in [1.807, 2.05) is 43.3 Å². The van der Waals surface area contributed by atoms with Crippen LogP contribution in [0.4, 0.5) is 0 Å². The molecule has 1 unspecified atom stereocenters. The zero-order chi connectivity index (χ0) is 40.6. The molecule has 0 N–H and O–H groups in total. The molecule has 288 valence electrons. The molecule has 5 nitrogen and oxygen atoms in total. The van der Waals surface area contributed by atoms with Gasteiger partial charge in [0.2, 0.25) is 0 Å². The van der Waals surface area contributed by atoms with E-state index in [2.05, 4.69) is 163 Å². The fraction of sp³-hybridized carbons (Fsp3) is 0.0357. The molecule has 0 aliphatic heterocycles. The lowest BCUT2D eigenvalue weighted by Gasteiger charge is -2.16. The van der Waals surface area contributed by atoms with Crippen molar-refractivity contribution in [1.82, 2.24) is 4.57 Å². The Morgan fingerprint density at radius 2 is 1.16 bits per heavy atom. The summed E-state index contributed by atoms with van der Waals surface area (Å²) in [5, 5.41) is 11.3. The largest absolute Gasteiger partial charge is 0.456 e. The molecule has 0 saturated carbocycles. The summed E-state index contributed by atoms with van der Waals surface area (Å²) in [5.41, 5.74) is 10.2. The fourth-order valence-electron chi connectivity index (χ4n) is 9.26. The van der Waals surface area contributed by atoms with Crippen LogP contribution < -0.4 is 0 Å². The van der Waals surface area contributed by atoms with Crippen molar-refractivity contribution in [3.63, 3.8) is 0 Å². The van der Waals surface area contributed by atoms with Crippen LogP contribution in [0, 0.1) is 0 Å². The number of nitrogens with zero attached hydrogens (tertiary/aromatic N) is 3. The van der Waals surface area contributed by atoms with E-state index in [0.29, 0.717) is 5.84 Å². The van der Waals surface area contributed by atoms with E-state index in [9.17, 15) is 0 Å². The summed E-state index contributed by atoms with van der Waals surface area (Å²) in [6.07, 6.45) is 1.91. The molecule has 3 heterocycles. The number of hydrogen-bond acceptors (Lipinski definition) is 3. The van der Waals surface area contributed by atoms with Crippen LogP contribution in [0.5, 0.6) is 0 Å². The van der Waals surface area contributed by atoms with E-state index in [0.717, 1.165) is 93.8 Å². The summed E-state index contributed by atoms with van der Waals surface area (Å²) < 4.78 is 15.4. The predicted molar refractivity (Wildman–Crippen MR) is 255 cm³/mol. The predicted octanol–water partition coefficient (Wildman–Crippen LogP) is 15.1. The minimum absolute atomic E-state index is 0.478. The fourth-order valence-corrected chi connectivity index (χ4v) is 9.26. The molecule has 0 amide bonds. The molecule has 0 fully saturated rings. The van der Waals surface area contributed by atoms with Crippen molar-refractivity contribution in [2.75, 3.05) is 0 Å². The average Bonchev–Trinajstić information content (AvgIpc) is 3.98. The van der Waals surface area contributed by atoms with Crippen molar-refractivity contribution in [3.05, 3.63) is 211 Å².